The van der Waals surface area contributed by atoms with Crippen molar-refractivity contribution in [2.24, 2.45) is 0 Å². The van der Waals surface area contributed by atoms with Crippen LogP contribution in [0.3, 0.4) is 0 Å². The average Bonchev–Trinajstić information content (AvgIpc) is 2.74. The molecule has 0 radical (unpaired) electrons. The van der Waals surface area contributed by atoms with Crippen molar-refractivity contribution < 1.29 is 61.2 Å². The first-order valence-corrected chi connectivity index (χ1v) is 10.2. The Bertz CT molecular complexity index is 794. The molecule has 0 saturated carbocycles. The summed E-state index contributed by atoms with van der Waals surface area (Å²) in [5, 5.41) is 2.21. The number of halogens is 2. The molecule has 1 saturated heterocycles. The largest absolute Gasteiger partial charge is 0.464 e. The Morgan fingerprint density at radius 2 is 1.71 bits per heavy atom. The topological polar surface area (TPSA) is 153 Å². The van der Waals surface area contributed by atoms with Gasteiger partial charge in [-0.1, -0.05) is 6.92 Å². The van der Waals surface area contributed by atoms with E-state index < -0.39 is 79.1 Å². The lowest BCUT2D eigenvalue weighted by Gasteiger charge is -2.54. The fraction of sp³-hybridized carbons (Fsp3) is 0.750. The molecule has 34 heavy (non-hydrogen) atoms. The summed E-state index contributed by atoms with van der Waals surface area (Å²) in [5.74, 6) is -7.62. The van der Waals surface area contributed by atoms with Crippen LogP contribution in [0.4, 0.5) is 13.6 Å². The lowest BCUT2D eigenvalue weighted by atomic mass is 9.78. The minimum Gasteiger partial charge on any atom is -0.464 e. The second-order valence-corrected chi connectivity index (χ2v) is 7.47. The first-order valence-electron chi connectivity index (χ1n) is 10.2. The van der Waals surface area contributed by atoms with Crippen LogP contribution in [-0.2, 0) is 47.6 Å². The normalized spacial score (nSPS) is 29.2. The molecule has 0 spiro atoms. The van der Waals surface area contributed by atoms with E-state index in [2.05, 4.69) is 14.8 Å². The predicted octanol–water partition coefficient (Wildman–Crippen LogP) is 0.884. The molecule has 0 bridgehead atoms. The summed E-state index contributed by atoms with van der Waals surface area (Å²) in [6.07, 6.45) is -7.37. The highest BCUT2D eigenvalue weighted by atomic mass is 19.1. The number of nitrogens with one attached hydrogen (secondary N) is 1. The molecule has 12 nitrogen and oxygen atoms in total. The molecule has 6 atom stereocenters. The molecule has 14 heteroatoms. The summed E-state index contributed by atoms with van der Waals surface area (Å²) in [4.78, 5) is 60.4. The van der Waals surface area contributed by atoms with Gasteiger partial charge in [-0.25, -0.2) is 18.4 Å². The summed E-state index contributed by atoms with van der Waals surface area (Å²) in [5.41, 5.74) is -2.08. The summed E-state index contributed by atoms with van der Waals surface area (Å²) >= 11 is 0. The van der Waals surface area contributed by atoms with Crippen LogP contribution in [0, 0.1) is 0 Å². The molecule has 1 fully saturated rings. The Morgan fingerprint density at radius 3 is 2.15 bits per heavy atom. The van der Waals surface area contributed by atoms with Crippen molar-refractivity contribution in [3.05, 3.63) is 0 Å². The SMILES string of the molecule is CC[C@@H](OC(C)=O)[C@@]1(C)O[C@@](OC(C)=O)(C(=O)OC)C(F)[C@@H](OC(C)=O)[C@H]1NC(=O)OCCF. The molecular weight excluding hydrogens is 468 g/mol. The van der Waals surface area contributed by atoms with Crippen molar-refractivity contribution in [2.45, 2.75) is 76.8 Å². The minimum absolute atomic E-state index is 0.0190. The molecule has 1 heterocycles. The maximum Gasteiger partial charge on any atom is 0.407 e. The van der Waals surface area contributed by atoms with Crippen molar-refractivity contribution >= 4 is 30.0 Å². The number of carbonyl (C=O) groups is 5. The minimum atomic E-state index is -3.11. The molecule has 1 unspecified atom stereocenters. The zero-order valence-electron chi connectivity index (χ0n) is 19.7. The van der Waals surface area contributed by atoms with Crippen LogP contribution in [0.2, 0.25) is 0 Å². The third-order valence-electron chi connectivity index (χ3n) is 4.94. The van der Waals surface area contributed by atoms with Crippen LogP contribution in [0.25, 0.3) is 0 Å². The Hall–Kier alpha value is -3.03. The Balaban J connectivity index is 3.79. The number of ether oxygens (including phenoxy) is 6. The van der Waals surface area contributed by atoms with Crippen molar-refractivity contribution in [3.8, 4) is 0 Å². The molecule has 1 aliphatic rings. The van der Waals surface area contributed by atoms with E-state index in [1.807, 2.05) is 0 Å². The fourth-order valence-electron chi connectivity index (χ4n) is 3.70. The fourth-order valence-corrected chi connectivity index (χ4v) is 3.70. The van der Waals surface area contributed by atoms with E-state index in [-0.39, 0.29) is 6.42 Å². The van der Waals surface area contributed by atoms with Gasteiger partial charge in [0.1, 0.15) is 31.0 Å². The molecule has 0 aromatic carbocycles. The van der Waals surface area contributed by atoms with Gasteiger partial charge in [-0.3, -0.25) is 14.4 Å². The Labute approximate surface area is 194 Å². The Morgan fingerprint density at radius 1 is 1.09 bits per heavy atom. The van der Waals surface area contributed by atoms with Crippen molar-refractivity contribution in [1.82, 2.24) is 5.32 Å². The number of amides is 1. The highest BCUT2D eigenvalue weighted by Gasteiger charge is 2.70. The van der Waals surface area contributed by atoms with Gasteiger partial charge in [0.05, 0.1) is 7.11 Å². The number of alkyl carbamates (subject to hydrolysis) is 1. The second kappa shape index (κ2) is 11.9. The molecule has 1 N–H and O–H groups in total. The number of esters is 4. The molecule has 1 rings (SSSR count). The zero-order valence-corrected chi connectivity index (χ0v) is 19.7. The second-order valence-electron chi connectivity index (χ2n) is 7.47. The van der Waals surface area contributed by atoms with Gasteiger partial charge in [0.15, 0.2) is 6.10 Å². The van der Waals surface area contributed by atoms with E-state index in [9.17, 15) is 28.4 Å². The maximum absolute atomic E-state index is 15.9. The highest BCUT2D eigenvalue weighted by molar-refractivity contribution is 5.83. The van der Waals surface area contributed by atoms with Crippen LogP contribution >= 0.6 is 0 Å². The van der Waals surface area contributed by atoms with Crippen molar-refractivity contribution in [2.75, 3.05) is 20.4 Å². The third kappa shape index (κ3) is 6.30. The van der Waals surface area contributed by atoms with E-state index in [0.717, 1.165) is 27.9 Å². The van der Waals surface area contributed by atoms with Crippen LogP contribution in [0.1, 0.15) is 41.0 Å². The number of methoxy groups -OCH3 is 1. The standard InChI is InChI=1S/C20H29F2NO11/c1-7-13(31-10(2)24)19(5)16(23-18(28)30-9-8-21)14(32-11(3)25)15(22)20(34-19,17(27)29-6)33-12(4)26/h13-16H,7-9H2,1-6H3,(H,23,28)/t13-,14-,15?,16-,19-,20-/m1/s1. The first kappa shape index (κ1) is 29.0. The Kier molecular flexibility index (Phi) is 10.2. The maximum atomic E-state index is 15.9. The molecule has 1 amide bonds. The third-order valence-corrected chi connectivity index (χ3v) is 4.94. The van der Waals surface area contributed by atoms with Gasteiger partial charge >= 0.3 is 35.8 Å². The molecular formula is C20H29F2NO11. The van der Waals surface area contributed by atoms with E-state index in [1.54, 1.807) is 0 Å². The van der Waals surface area contributed by atoms with Crippen LogP contribution in [0.15, 0.2) is 0 Å². The van der Waals surface area contributed by atoms with Crippen molar-refractivity contribution in [3.63, 3.8) is 0 Å². The molecule has 1 aliphatic heterocycles. The lowest BCUT2D eigenvalue weighted by Crippen LogP contribution is -2.78. The molecule has 0 aromatic heterocycles. The van der Waals surface area contributed by atoms with Gasteiger partial charge in [0.2, 0.25) is 6.17 Å². The monoisotopic (exact) mass is 497 g/mol. The van der Waals surface area contributed by atoms with E-state index in [0.29, 0.717) is 0 Å². The van der Waals surface area contributed by atoms with Crippen LogP contribution < -0.4 is 5.32 Å². The molecule has 0 aromatic rings. The summed E-state index contributed by atoms with van der Waals surface area (Å²) in [7, 11) is 0.865. The zero-order chi connectivity index (χ0) is 26.3. The van der Waals surface area contributed by atoms with Gasteiger partial charge in [-0.05, 0) is 13.3 Å². The highest BCUT2D eigenvalue weighted by Crippen LogP contribution is 2.44. The number of hydrogen-bond acceptors (Lipinski definition) is 11. The predicted molar refractivity (Wildman–Crippen MR) is 107 cm³/mol. The summed E-state index contributed by atoms with van der Waals surface area (Å²) < 4.78 is 58.6. The quantitative estimate of drug-likeness (QED) is 0.357. The van der Waals surface area contributed by atoms with E-state index in [4.69, 9.17) is 18.9 Å². The van der Waals surface area contributed by atoms with E-state index in [1.165, 1.54) is 13.8 Å². The number of hydrogen-bond donors (Lipinski definition) is 1. The molecule has 194 valence electrons. The summed E-state index contributed by atoms with van der Waals surface area (Å²) in [6, 6.07) is -1.68. The smallest absolute Gasteiger partial charge is 0.407 e. The van der Waals surface area contributed by atoms with Crippen LogP contribution in [0.5, 0.6) is 0 Å². The van der Waals surface area contributed by atoms with Crippen molar-refractivity contribution in [1.29, 1.82) is 0 Å². The van der Waals surface area contributed by atoms with Gasteiger partial charge < -0.3 is 33.7 Å². The van der Waals surface area contributed by atoms with E-state index >= 15 is 4.39 Å². The molecule has 0 aliphatic carbocycles. The average molecular weight is 497 g/mol. The summed E-state index contributed by atoms with van der Waals surface area (Å²) in [6.45, 7) is 3.92. The number of alkyl halides is 2. The number of rotatable bonds is 9. The first-order chi connectivity index (χ1) is 15.8. The van der Waals surface area contributed by atoms with Gasteiger partial charge in [0, 0.05) is 20.8 Å². The lowest BCUT2D eigenvalue weighted by molar-refractivity contribution is -0.349. The number of carbonyl (C=O) groups excluding carboxylic acids is 5. The van der Waals surface area contributed by atoms with Gasteiger partial charge in [-0.2, -0.15) is 0 Å². The van der Waals surface area contributed by atoms with Gasteiger partial charge in [0.25, 0.3) is 0 Å². The van der Waals surface area contributed by atoms with Gasteiger partial charge in [-0.15, -0.1) is 0 Å². The van der Waals surface area contributed by atoms with Crippen LogP contribution in [-0.4, -0.2) is 86.2 Å².